The number of fused-ring (bicyclic) bond motifs is 1. The molecule has 1 saturated heterocycles. The smallest absolute Gasteiger partial charge is 0.279 e. The fourth-order valence-electron chi connectivity index (χ4n) is 3.83. The molecular formula is C22H23N4O5S+. The SMILES string of the molecule is O=C(C[NH+]1CCN(S(=O)(=O)c2ccc3ccccc3c2)CC1)Nc1cccc([N+](=O)[O-])c1. The number of nitro benzene ring substituents is 1. The molecule has 32 heavy (non-hydrogen) atoms. The summed E-state index contributed by atoms with van der Waals surface area (Å²) in [5.74, 6) is -0.272. The number of amides is 1. The summed E-state index contributed by atoms with van der Waals surface area (Å²) in [5, 5.41) is 15.4. The molecule has 10 heteroatoms. The first-order valence-electron chi connectivity index (χ1n) is 10.2. The minimum atomic E-state index is -3.61. The lowest BCUT2D eigenvalue weighted by molar-refractivity contribution is -0.895. The summed E-state index contributed by atoms with van der Waals surface area (Å²) >= 11 is 0. The molecule has 1 aliphatic rings. The summed E-state index contributed by atoms with van der Waals surface area (Å²) in [6.45, 7) is 1.78. The van der Waals surface area contributed by atoms with Crippen LogP contribution in [0.15, 0.2) is 71.6 Å². The van der Waals surface area contributed by atoms with Gasteiger partial charge in [0.15, 0.2) is 6.54 Å². The van der Waals surface area contributed by atoms with Crippen LogP contribution >= 0.6 is 0 Å². The third kappa shape index (κ3) is 4.77. The van der Waals surface area contributed by atoms with Crippen LogP contribution in [0.3, 0.4) is 0 Å². The van der Waals surface area contributed by atoms with E-state index in [4.69, 9.17) is 0 Å². The molecule has 1 aliphatic heterocycles. The fourth-order valence-corrected chi connectivity index (χ4v) is 5.30. The molecule has 3 aromatic carbocycles. The Kier molecular flexibility index (Phi) is 6.17. The molecule has 0 aromatic heterocycles. The van der Waals surface area contributed by atoms with Gasteiger partial charge in [0.2, 0.25) is 10.0 Å². The first-order chi connectivity index (χ1) is 15.3. The van der Waals surface area contributed by atoms with Gasteiger partial charge in [-0.05, 0) is 29.0 Å². The van der Waals surface area contributed by atoms with Crippen molar-refractivity contribution in [1.29, 1.82) is 0 Å². The lowest BCUT2D eigenvalue weighted by Crippen LogP contribution is -3.15. The van der Waals surface area contributed by atoms with Crippen molar-refractivity contribution in [2.75, 3.05) is 38.0 Å². The van der Waals surface area contributed by atoms with E-state index in [1.54, 1.807) is 18.2 Å². The summed E-state index contributed by atoms with van der Waals surface area (Å²) in [7, 11) is -3.61. The molecule has 0 bridgehead atoms. The van der Waals surface area contributed by atoms with Crippen molar-refractivity contribution in [3.63, 3.8) is 0 Å². The second kappa shape index (κ2) is 9.03. The lowest BCUT2D eigenvalue weighted by atomic mass is 10.1. The van der Waals surface area contributed by atoms with Gasteiger partial charge in [0.25, 0.3) is 11.6 Å². The Morgan fingerprint density at radius 3 is 2.44 bits per heavy atom. The Hall–Kier alpha value is -3.34. The van der Waals surface area contributed by atoms with Crippen LogP contribution < -0.4 is 10.2 Å². The van der Waals surface area contributed by atoms with Crippen molar-refractivity contribution in [3.8, 4) is 0 Å². The standard InChI is InChI=1S/C22H22N4O5S/c27-22(23-19-6-3-7-20(15-19)26(28)29)16-24-10-12-25(13-11-24)32(30,31)21-9-8-17-4-1-2-5-18(17)14-21/h1-9,14-15H,10-13,16H2,(H,23,27)/p+1. The summed E-state index contributed by atoms with van der Waals surface area (Å²) in [6.07, 6.45) is 0. The summed E-state index contributed by atoms with van der Waals surface area (Å²) in [4.78, 5) is 23.9. The zero-order chi connectivity index (χ0) is 22.7. The molecule has 0 spiro atoms. The third-order valence-corrected chi connectivity index (χ3v) is 7.43. The van der Waals surface area contributed by atoms with Gasteiger partial charge in [-0.2, -0.15) is 4.31 Å². The van der Waals surface area contributed by atoms with E-state index in [0.717, 1.165) is 15.7 Å². The topological polar surface area (TPSA) is 114 Å². The molecule has 0 saturated carbocycles. The maximum absolute atomic E-state index is 13.1. The average Bonchev–Trinajstić information content (AvgIpc) is 2.79. The number of sulfonamides is 1. The monoisotopic (exact) mass is 455 g/mol. The van der Waals surface area contributed by atoms with E-state index in [1.165, 1.54) is 22.5 Å². The normalized spacial score (nSPS) is 15.5. The number of nitro groups is 1. The molecular weight excluding hydrogens is 432 g/mol. The van der Waals surface area contributed by atoms with E-state index in [-0.39, 0.29) is 23.0 Å². The summed E-state index contributed by atoms with van der Waals surface area (Å²) in [6, 6.07) is 18.5. The average molecular weight is 456 g/mol. The van der Waals surface area contributed by atoms with Gasteiger partial charge in [-0.1, -0.05) is 36.4 Å². The highest BCUT2D eigenvalue weighted by Crippen LogP contribution is 2.22. The van der Waals surface area contributed by atoms with Crippen LogP contribution in [-0.2, 0) is 14.8 Å². The molecule has 1 heterocycles. The second-order valence-corrected chi connectivity index (χ2v) is 9.63. The van der Waals surface area contributed by atoms with Crippen LogP contribution in [0.25, 0.3) is 10.8 Å². The summed E-state index contributed by atoms with van der Waals surface area (Å²) < 4.78 is 27.6. The van der Waals surface area contributed by atoms with Gasteiger partial charge in [-0.15, -0.1) is 0 Å². The minimum Gasteiger partial charge on any atom is -0.325 e. The van der Waals surface area contributed by atoms with Gasteiger partial charge in [-0.25, -0.2) is 8.42 Å². The Labute approximate surface area is 185 Å². The Balaban J connectivity index is 1.35. The van der Waals surface area contributed by atoms with Gasteiger partial charge in [0.05, 0.1) is 36.0 Å². The van der Waals surface area contributed by atoms with Crippen molar-refractivity contribution >= 4 is 38.1 Å². The van der Waals surface area contributed by atoms with Gasteiger partial charge >= 0.3 is 0 Å². The van der Waals surface area contributed by atoms with Crippen molar-refractivity contribution in [2.45, 2.75) is 4.90 Å². The van der Waals surface area contributed by atoms with Crippen LogP contribution in [0.4, 0.5) is 11.4 Å². The number of non-ortho nitro benzene ring substituents is 1. The number of anilines is 1. The molecule has 2 N–H and O–H groups in total. The van der Waals surface area contributed by atoms with Crippen LogP contribution in [0.1, 0.15) is 0 Å². The van der Waals surface area contributed by atoms with Gasteiger partial charge < -0.3 is 10.2 Å². The number of nitrogens with one attached hydrogen (secondary N) is 2. The number of carbonyl (C=O) groups is 1. The van der Waals surface area contributed by atoms with Gasteiger partial charge in [-0.3, -0.25) is 14.9 Å². The number of nitrogens with zero attached hydrogens (tertiary/aromatic N) is 2. The molecule has 0 atom stereocenters. The van der Waals surface area contributed by atoms with Crippen LogP contribution in [-0.4, -0.2) is 56.3 Å². The number of rotatable bonds is 6. The maximum atomic E-state index is 13.1. The predicted octanol–water partition coefficient (Wildman–Crippen LogP) is 1.28. The van der Waals surface area contributed by atoms with Gasteiger partial charge in [0.1, 0.15) is 0 Å². The Morgan fingerprint density at radius 2 is 1.72 bits per heavy atom. The molecule has 9 nitrogen and oxygen atoms in total. The molecule has 0 radical (unpaired) electrons. The van der Waals surface area contributed by atoms with E-state index in [1.807, 2.05) is 30.3 Å². The van der Waals surface area contributed by atoms with Crippen LogP contribution in [0.5, 0.6) is 0 Å². The first-order valence-corrected chi connectivity index (χ1v) is 11.6. The minimum absolute atomic E-state index is 0.0948. The van der Waals surface area contributed by atoms with E-state index in [2.05, 4.69) is 5.32 Å². The largest absolute Gasteiger partial charge is 0.325 e. The summed E-state index contributed by atoms with van der Waals surface area (Å²) in [5.41, 5.74) is 0.267. The number of hydrogen-bond acceptors (Lipinski definition) is 5. The number of piperazine rings is 1. The van der Waals surface area contributed by atoms with Crippen LogP contribution in [0.2, 0.25) is 0 Å². The molecule has 166 valence electrons. The van der Waals surface area contributed by atoms with E-state index in [0.29, 0.717) is 31.9 Å². The van der Waals surface area contributed by atoms with Crippen molar-refractivity contribution in [1.82, 2.24) is 4.31 Å². The van der Waals surface area contributed by atoms with Crippen molar-refractivity contribution in [2.24, 2.45) is 0 Å². The van der Waals surface area contributed by atoms with Gasteiger partial charge in [0, 0.05) is 17.8 Å². The highest BCUT2D eigenvalue weighted by molar-refractivity contribution is 7.89. The van der Waals surface area contributed by atoms with Crippen molar-refractivity contribution in [3.05, 3.63) is 76.8 Å². The third-order valence-electron chi connectivity index (χ3n) is 5.54. The molecule has 0 aliphatic carbocycles. The quantitative estimate of drug-likeness (QED) is 0.429. The first kappa shape index (κ1) is 21.9. The molecule has 1 fully saturated rings. The predicted molar refractivity (Wildman–Crippen MR) is 120 cm³/mol. The second-order valence-electron chi connectivity index (χ2n) is 7.70. The highest BCUT2D eigenvalue weighted by atomic mass is 32.2. The van der Waals surface area contributed by atoms with E-state index in [9.17, 15) is 23.3 Å². The number of benzene rings is 3. The Bertz CT molecular complexity index is 1270. The lowest BCUT2D eigenvalue weighted by Gasteiger charge is -2.31. The fraction of sp³-hybridized carbons (Fsp3) is 0.227. The zero-order valence-corrected chi connectivity index (χ0v) is 18.0. The number of quaternary nitrogens is 1. The van der Waals surface area contributed by atoms with Crippen LogP contribution in [0, 0.1) is 10.1 Å². The molecule has 1 amide bonds. The maximum Gasteiger partial charge on any atom is 0.279 e. The highest BCUT2D eigenvalue weighted by Gasteiger charge is 2.31. The molecule has 0 unspecified atom stereocenters. The van der Waals surface area contributed by atoms with E-state index < -0.39 is 14.9 Å². The molecule has 3 aromatic rings. The van der Waals surface area contributed by atoms with Crippen molar-refractivity contribution < 1.29 is 23.0 Å². The number of carbonyl (C=O) groups excluding carboxylic acids is 1. The molecule has 4 rings (SSSR count). The van der Waals surface area contributed by atoms with E-state index >= 15 is 0 Å². The Morgan fingerprint density at radius 1 is 1.00 bits per heavy atom. The zero-order valence-electron chi connectivity index (χ0n) is 17.2. The number of hydrogen-bond donors (Lipinski definition) is 2.